The van der Waals surface area contributed by atoms with Gasteiger partial charge in [-0.05, 0) is 24.0 Å². The first kappa shape index (κ1) is 18.8. The van der Waals surface area contributed by atoms with Crippen LogP contribution in [0.4, 0.5) is 11.4 Å². The summed E-state index contributed by atoms with van der Waals surface area (Å²) in [4.78, 5) is 36.6. The minimum absolute atomic E-state index is 0.0607. The number of carbonyl (C=O) groups is 3. The minimum Gasteiger partial charge on any atom is -0.494 e. The third-order valence-corrected chi connectivity index (χ3v) is 4.10. The van der Waals surface area contributed by atoms with E-state index in [1.807, 2.05) is 0 Å². The number of amides is 2. The van der Waals surface area contributed by atoms with Gasteiger partial charge in [-0.3, -0.25) is 14.4 Å². The van der Waals surface area contributed by atoms with Crippen LogP contribution in [0.5, 0.6) is 5.75 Å². The number of aliphatic carboxylic acids is 1. The average Bonchev–Trinajstić information content (AvgIpc) is 2.90. The van der Waals surface area contributed by atoms with Crippen molar-refractivity contribution in [2.45, 2.75) is 39.5 Å². The van der Waals surface area contributed by atoms with Gasteiger partial charge in [0.05, 0.1) is 19.2 Å². The molecule has 0 saturated carbocycles. The molecular weight excluding hydrogens is 324 g/mol. The molecule has 25 heavy (non-hydrogen) atoms. The van der Waals surface area contributed by atoms with Gasteiger partial charge >= 0.3 is 5.97 Å². The van der Waals surface area contributed by atoms with Crippen LogP contribution in [0.3, 0.4) is 0 Å². The van der Waals surface area contributed by atoms with E-state index in [1.54, 1.807) is 36.9 Å². The number of carboxylic acids is 1. The van der Waals surface area contributed by atoms with Crippen LogP contribution >= 0.6 is 0 Å². The quantitative estimate of drug-likeness (QED) is 0.790. The lowest BCUT2D eigenvalue weighted by Crippen LogP contribution is -2.25. The summed E-state index contributed by atoms with van der Waals surface area (Å²) in [6, 6.07) is 5.13. The molecule has 2 amide bonds. The van der Waals surface area contributed by atoms with Gasteiger partial charge in [-0.15, -0.1) is 0 Å². The summed E-state index contributed by atoms with van der Waals surface area (Å²) in [6.45, 7) is 4.14. The van der Waals surface area contributed by atoms with Crippen molar-refractivity contribution < 1.29 is 24.2 Å². The normalized spacial score (nSPS) is 14.5. The molecule has 136 valence electrons. The van der Waals surface area contributed by atoms with Crippen molar-refractivity contribution in [3.63, 3.8) is 0 Å². The lowest BCUT2D eigenvalue weighted by molar-refractivity contribution is -0.139. The zero-order chi connectivity index (χ0) is 18.6. The largest absolute Gasteiger partial charge is 0.494 e. The Labute approximate surface area is 147 Å². The van der Waals surface area contributed by atoms with E-state index in [0.29, 0.717) is 30.1 Å². The van der Waals surface area contributed by atoms with Gasteiger partial charge in [-0.25, -0.2) is 0 Å². The number of anilines is 2. The highest BCUT2D eigenvalue weighted by molar-refractivity contribution is 5.98. The third kappa shape index (κ3) is 4.95. The van der Waals surface area contributed by atoms with Crippen LogP contribution in [-0.2, 0) is 14.4 Å². The molecule has 7 nitrogen and oxygen atoms in total. The third-order valence-electron chi connectivity index (χ3n) is 4.10. The molecule has 2 rings (SSSR count). The molecular formula is C18H24N2O5. The molecule has 0 spiro atoms. The van der Waals surface area contributed by atoms with Crippen LogP contribution in [0.25, 0.3) is 0 Å². The second kappa shape index (κ2) is 7.55. The summed E-state index contributed by atoms with van der Waals surface area (Å²) in [7, 11) is 1.51. The standard InChI is InChI=1S/C18H24N2O5/c1-18(2,11-17(23)24)10-15(21)19-12-6-7-13(14(9-12)25-3)20-8-4-5-16(20)22/h6-7,9H,4-5,8,10-11H2,1-3H3,(H,19,21)(H,23,24). The molecule has 0 aromatic heterocycles. The molecule has 1 saturated heterocycles. The van der Waals surface area contributed by atoms with Crippen molar-refractivity contribution in [3.05, 3.63) is 18.2 Å². The maximum absolute atomic E-state index is 12.2. The lowest BCUT2D eigenvalue weighted by atomic mass is 9.85. The summed E-state index contributed by atoms with van der Waals surface area (Å²) >= 11 is 0. The molecule has 1 aliphatic heterocycles. The van der Waals surface area contributed by atoms with Gasteiger partial charge in [-0.2, -0.15) is 0 Å². The number of rotatable bonds is 7. The first-order valence-corrected chi connectivity index (χ1v) is 8.22. The van der Waals surface area contributed by atoms with Gasteiger partial charge in [0.1, 0.15) is 5.75 Å². The molecule has 0 atom stereocenters. The second-order valence-electron chi connectivity index (χ2n) is 7.00. The molecule has 1 aromatic rings. The molecule has 1 fully saturated rings. The lowest BCUT2D eigenvalue weighted by Gasteiger charge is -2.22. The number of hydrogen-bond donors (Lipinski definition) is 2. The minimum atomic E-state index is -0.931. The maximum atomic E-state index is 12.2. The van der Waals surface area contributed by atoms with Crippen molar-refractivity contribution in [1.29, 1.82) is 0 Å². The number of methoxy groups -OCH3 is 1. The molecule has 1 aliphatic rings. The van der Waals surface area contributed by atoms with Crippen LogP contribution in [0.2, 0.25) is 0 Å². The van der Waals surface area contributed by atoms with Gasteiger partial charge in [0.15, 0.2) is 0 Å². The summed E-state index contributed by atoms with van der Waals surface area (Å²) in [5.41, 5.74) is 0.597. The van der Waals surface area contributed by atoms with Gasteiger partial charge in [0.2, 0.25) is 11.8 Å². The van der Waals surface area contributed by atoms with E-state index in [1.165, 1.54) is 7.11 Å². The Morgan fingerprint density at radius 2 is 2.04 bits per heavy atom. The Morgan fingerprint density at radius 3 is 2.60 bits per heavy atom. The fourth-order valence-electron chi connectivity index (χ4n) is 2.99. The summed E-state index contributed by atoms with van der Waals surface area (Å²) in [5, 5.41) is 11.7. The number of ether oxygens (including phenoxy) is 1. The maximum Gasteiger partial charge on any atom is 0.303 e. The number of hydrogen-bond acceptors (Lipinski definition) is 4. The Morgan fingerprint density at radius 1 is 1.32 bits per heavy atom. The molecule has 1 aromatic carbocycles. The van der Waals surface area contributed by atoms with Gasteiger partial charge in [0, 0.05) is 31.1 Å². The predicted molar refractivity (Wildman–Crippen MR) is 93.9 cm³/mol. The van der Waals surface area contributed by atoms with E-state index in [4.69, 9.17) is 9.84 Å². The number of nitrogens with zero attached hydrogens (tertiary/aromatic N) is 1. The van der Waals surface area contributed by atoms with E-state index >= 15 is 0 Å². The van der Waals surface area contributed by atoms with Crippen molar-refractivity contribution in [2.24, 2.45) is 5.41 Å². The zero-order valence-corrected chi connectivity index (χ0v) is 14.8. The van der Waals surface area contributed by atoms with Crippen molar-refractivity contribution in [1.82, 2.24) is 0 Å². The predicted octanol–water partition coefficient (Wildman–Crippen LogP) is 2.65. The molecule has 0 unspecified atom stereocenters. The number of benzene rings is 1. The molecule has 1 heterocycles. The van der Waals surface area contributed by atoms with Crippen LogP contribution in [0.1, 0.15) is 39.5 Å². The molecule has 0 aliphatic carbocycles. The fourth-order valence-corrected chi connectivity index (χ4v) is 2.99. The SMILES string of the molecule is COc1cc(NC(=O)CC(C)(C)CC(=O)O)ccc1N1CCCC1=O. The van der Waals surface area contributed by atoms with Crippen molar-refractivity contribution in [3.8, 4) is 5.75 Å². The second-order valence-corrected chi connectivity index (χ2v) is 7.00. The smallest absolute Gasteiger partial charge is 0.303 e. The summed E-state index contributed by atoms with van der Waals surface area (Å²) in [6.07, 6.45) is 1.35. The topological polar surface area (TPSA) is 95.9 Å². The van der Waals surface area contributed by atoms with Crippen LogP contribution < -0.4 is 15.0 Å². The zero-order valence-electron chi connectivity index (χ0n) is 14.8. The Bertz CT molecular complexity index is 684. The first-order valence-electron chi connectivity index (χ1n) is 8.22. The Balaban J connectivity index is 2.09. The number of carboxylic acid groups (broad SMARTS) is 1. The monoisotopic (exact) mass is 348 g/mol. The van der Waals surface area contributed by atoms with Gasteiger partial charge < -0.3 is 20.1 Å². The van der Waals surface area contributed by atoms with Crippen molar-refractivity contribution in [2.75, 3.05) is 23.9 Å². The highest BCUT2D eigenvalue weighted by Crippen LogP contribution is 2.34. The van der Waals surface area contributed by atoms with Crippen molar-refractivity contribution >= 4 is 29.2 Å². The fraction of sp³-hybridized carbons (Fsp3) is 0.500. The average molecular weight is 348 g/mol. The molecule has 2 N–H and O–H groups in total. The summed E-state index contributed by atoms with van der Waals surface area (Å²) < 4.78 is 5.36. The Hall–Kier alpha value is -2.57. The molecule has 0 radical (unpaired) electrons. The van der Waals surface area contributed by atoms with Gasteiger partial charge in [0.25, 0.3) is 0 Å². The van der Waals surface area contributed by atoms with E-state index in [0.717, 1.165) is 6.42 Å². The highest BCUT2D eigenvalue weighted by Gasteiger charge is 2.26. The Kier molecular flexibility index (Phi) is 5.66. The van der Waals surface area contributed by atoms with Gasteiger partial charge in [-0.1, -0.05) is 13.8 Å². The van der Waals surface area contributed by atoms with Crippen LogP contribution in [0, 0.1) is 5.41 Å². The number of nitrogens with one attached hydrogen (secondary N) is 1. The highest BCUT2D eigenvalue weighted by atomic mass is 16.5. The molecule has 0 bridgehead atoms. The first-order chi connectivity index (χ1) is 11.7. The van der Waals surface area contributed by atoms with E-state index in [2.05, 4.69) is 5.32 Å². The van der Waals surface area contributed by atoms with E-state index in [9.17, 15) is 14.4 Å². The molecule has 7 heteroatoms. The van der Waals surface area contributed by atoms with Crippen LogP contribution in [-0.4, -0.2) is 36.5 Å². The number of carbonyl (C=O) groups excluding carboxylic acids is 2. The van der Waals surface area contributed by atoms with Crippen LogP contribution in [0.15, 0.2) is 18.2 Å². The summed E-state index contributed by atoms with van der Waals surface area (Å²) in [5.74, 6) is -0.624. The van der Waals surface area contributed by atoms with E-state index < -0.39 is 11.4 Å². The van der Waals surface area contributed by atoms with E-state index in [-0.39, 0.29) is 24.7 Å².